The molecule has 0 aliphatic carbocycles. The van der Waals surface area contributed by atoms with E-state index in [0.29, 0.717) is 18.7 Å². The van der Waals surface area contributed by atoms with E-state index in [1.54, 1.807) is 19.9 Å². The van der Waals surface area contributed by atoms with Crippen LogP contribution in [-0.2, 0) is 16.1 Å². The van der Waals surface area contributed by atoms with Crippen molar-refractivity contribution in [3.8, 4) is 0 Å². The molecular weight excluding hydrogens is 348 g/mol. The maximum absolute atomic E-state index is 12.0. The third-order valence-corrected chi connectivity index (χ3v) is 4.88. The number of rotatable bonds is 8. The van der Waals surface area contributed by atoms with E-state index >= 15 is 0 Å². The molecular formula is C19H28N4O4. The number of urea groups is 1. The minimum Gasteiger partial charge on any atom is -0.481 e. The van der Waals surface area contributed by atoms with Crippen LogP contribution < -0.4 is 16.4 Å². The number of carboxylic acid groups (broad SMARTS) is 1. The van der Waals surface area contributed by atoms with Crippen LogP contribution in [0.5, 0.6) is 0 Å². The first kappa shape index (κ1) is 20.7. The van der Waals surface area contributed by atoms with Crippen LogP contribution in [0.3, 0.4) is 0 Å². The zero-order valence-electron chi connectivity index (χ0n) is 15.8. The van der Waals surface area contributed by atoms with Gasteiger partial charge in [-0.3, -0.25) is 14.5 Å². The predicted octanol–water partition coefficient (Wildman–Crippen LogP) is 1.76. The Kier molecular flexibility index (Phi) is 6.79. The molecule has 0 bridgehead atoms. The predicted molar refractivity (Wildman–Crippen MR) is 102 cm³/mol. The molecule has 1 saturated heterocycles. The van der Waals surface area contributed by atoms with E-state index < -0.39 is 11.4 Å². The topological polar surface area (TPSA) is 125 Å². The lowest BCUT2D eigenvalue weighted by atomic mass is 9.90. The number of likely N-dealkylation sites (tertiary alicyclic amines) is 1. The lowest BCUT2D eigenvalue weighted by Gasteiger charge is -2.22. The van der Waals surface area contributed by atoms with E-state index in [4.69, 9.17) is 10.8 Å². The SMILES string of the molecule is CC(C)(CCNC(=O)Nc1cccc(CN2CCCC2C(N)=O)c1)C(=O)O. The number of hydrogen-bond acceptors (Lipinski definition) is 4. The molecule has 148 valence electrons. The fourth-order valence-electron chi connectivity index (χ4n) is 3.09. The van der Waals surface area contributed by atoms with Gasteiger partial charge in [-0.25, -0.2) is 4.79 Å². The number of benzene rings is 1. The van der Waals surface area contributed by atoms with Crippen molar-refractivity contribution in [1.29, 1.82) is 0 Å². The van der Waals surface area contributed by atoms with Crippen LogP contribution in [0.4, 0.5) is 10.5 Å². The molecule has 1 aromatic carbocycles. The quantitative estimate of drug-likeness (QED) is 0.550. The molecule has 8 heteroatoms. The number of carboxylic acids is 1. The van der Waals surface area contributed by atoms with E-state index in [1.807, 2.05) is 18.2 Å². The third-order valence-electron chi connectivity index (χ3n) is 4.88. The van der Waals surface area contributed by atoms with Gasteiger partial charge in [0.25, 0.3) is 0 Å². The van der Waals surface area contributed by atoms with Crippen LogP contribution in [0.2, 0.25) is 0 Å². The number of nitrogens with two attached hydrogens (primary N) is 1. The number of nitrogens with zero attached hydrogens (tertiary/aromatic N) is 1. The summed E-state index contributed by atoms with van der Waals surface area (Å²) in [6.45, 7) is 4.92. The van der Waals surface area contributed by atoms with Gasteiger partial charge in [-0.05, 0) is 57.4 Å². The Labute approximate surface area is 159 Å². The Morgan fingerprint density at radius 3 is 2.74 bits per heavy atom. The standard InChI is InChI=1S/C19H28N4O4/c1-19(2,17(25)26)8-9-21-18(27)22-14-6-3-5-13(11-14)12-23-10-4-7-15(23)16(20)24/h3,5-6,11,15H,4,7-10,12H2,1-2H3,(H2,20,24)(H,25,26)(H2,21,22,27). The fourth-order valence-corrected chi connectivity index (χ4v) is 3.09. The molecule has 1 aliphatic heterocycles. The van der Waals surface area contributed by atoms with E-state index in [-0.39, 0.29) is 24.5 Å². The minimum absolute atomic E-state index is 0.234. The largest absolute Gasteiger partial charge is 0.481 e. The first-order valence-electron chi connectivity index (χ1n) is 9.09. The van der Waals surface area contributed by atoms with Crippen molar-refractivity contribution >= 4 is 23.6 Å². The van der Waals surface area contributed by atoms with Gasteiger partial charge >= 0.3 is 12.0 Å². The number of hydrogen-bond donors (Lipinski definition) is 4. The van der Waals surface area contributed by atoms with Gasteiger partial charge in [-0.15, -0.1) is 0 Å². The molecule has 1 aliphatic rings. The average Bonchev–Trinajstić information content (AvgIpc) is 3.03. The Hall–Kier alpha value is -2.61. The molecule has 2 rings (SSSR count). The fraction of sp³-hybridized carbons (Fsp3) is 0.526. The monoisotopic (exact) mass is 376 g/mol. The minimum atomic E-state index is -0.895. The summed E-state index contributed by atoms with van der Waals surface area (Å²) in [7, 11) is 0. The molecule has 1 unspecified atom stereocenters. The highest BCUT2D eigenvalue weighted by atomic mass is 16.4. The Morgan fingerprint density at radius 1 is 1.33 bits per heavy atom. The third kappa shape index (κ3) is 5.96. The molecule has 1 atom stereocenters. The van der Waals surface area contributed by atoms with Gasteiger partial charge in [0, 0.05) is 18.8 Å². The zero-order valence-corrected chi connectivity index (χ0v) is 15.8. The van der Waals surface area contributed by atoms with Crippen molar-refractivity contribution in [3.05, 3.63) is 29.8 Å². The lowest BCUT2D eigenvalue weighted by Crippen LogP contribution is -2.39. The molecule has 0 spiro atoms. The van der Waals surface area contributed by atoms with Crippen LogP contribution >= 0.6 is 0 Å². The number of carbonyl (C=O) groups excluding carboxylic acids is 2. The van der Waals surface area contributed by atoms with E-state index in [9.17, 15) is 14.4 Å². The number of aliphatic carboxylic acids is 1. The molecule has 8 nitrogen and oxygen atoms in total. The lowest BCUT2D eigenvalue weighted by molar-refractivity contribution is -0.147. The number of anilines is 1. The Balaban J connectivity index is 1.87. The van der Waals surface area contributed by atoms with E-state index in [1.165, 1.54) is 0 Å². The summed E-state index contributed by atoms with van der Waals surface area (Å²) < 4.78 is 0. The second-order valence-corrected chi connectivity index (χ2v) is 7.55. The summed E-state index contributed by atoms with van der Waals surface area (Å²) in [5.74, 6) is -1.20. The highest BCUT2D eigenvalue weighted by Crippen LogP contribution is 2.21. The Bertz CT molecular complexity index is 705. The first-order valence-corrected chi connectivity index (χ1v) is 9.09. The van der Waals surface area contributed by atoms with Gasteiger partial charge in [0.1, 0.15) is 0 Å². The maximum atomic E-state index is 12.0. The van der Waals surface area contributed by atoms with Gasteiger partial charge in [0.05, 0.1) is 11.5 Å². The van der Waals surface area contributed by atoms with Gasteiger partial charge < -0.3 is 21.5 Å². The average molecular weight is 376 g/mol. The molecule has 1 aromatic rings. The summed E-state index contributed by atoms with van der Waals surface area (Å²) in [5, 5.41) is 14.5. The molecule has 0 saturated carbocycles. The highest BCUT2D eigenvalue weighted by Gasteiger charge is 2.29. The van der Waals surface area contributed by atoms with Crippen molar-refractivity contribution in [3.63, 3.8) is 0 Å². The van der Waals surface area contributed by atoms with Crippen molar-refractivity contribution < 1.29 is 19.5 Å². The normalized spacial score (nSPS) is 17.5. The van der Waals surface area contributed by atoms with Crippen LogP contribution in [0.1, 0.15) is 38.7 Å². The van der Waals surface area contributed by atoms with Crippen molar-refractivity contribution in [2.24, 2.45) is 11.1 Å². The second kappa shape index (κ2) is 8.85. The van der Waals surface area contributed by atoms with Crippen LogP contribution in [0.15, 0.2) is 24.3 Å². The van der Waals surface area contributed by atoms with E-state index in [0.717, 1.165) is 24.9 Å². The molecule has 1 fully saturated rings. The summed E-state index contributed by atoms with van der Waals surface area (Å²) >= 11 is 0. The summed E-state index contributed by atoms with van der Waals surface area (Å²) in [6.07, 6.45) is 2.06. The molecule has 0 aromatic heterocycles. The Morgan fingerprint density at radius 2 is 2.07 bits per heavy atom. The maximum Gasteiger partial charge on any atom is 0.319 e. The zero-order chi connectivity index (χ0) is 20.0. The second-order valence-electron chi connectivity index (χ2n) is 7.55. The van der Waals surface area contributed by atoms with Gasteiger partial charge in [-0.1, -0.05) is 12.1 Å². The summed E-state index contributed by atoms with van der Waals surface area (Å²) in [5.41, 5.74) is 6.18. The highest BCUT2D eigenvalue weighted by molar-refractivity contribution is 5.89. The molecule has 27 heavy (non-hydrogen) atoms. The van der Waals surface area contributed by atoms with Crippen LogP contribution in [0.25, 0.3) is 0 Å². The van der Waals surface area contributed by atoms with Crippen molar-refractivity contribution in [1.82, 2.24) is 10.2 Å². The number of nitrogens with one attached hydrogen (secondary N) is 2. The smallest absolute Gasteiger partial charge is 0.319 e. The van der Waals surface area contributed by atoms with Crippen LogP contribution in [-0.4, -0.2) is 47.0 Å². The summed E-state index contributed by atoms with van der Waals surface area (Å²) in [6, 6.07) is 6.80. The van der Waals surface area contributed by atoms with Crippen LogP contribution in [0, 0.1) is 5.41 Å². The molecule has 1 heterocycles. The van der Waals surface area contributed by atoms with Crippen molar-refractivity contribution in [2.45, 2.75) is 45.7 Å². The molecule has 3 amide bonds. The molecule has 0 radical (unpaired) electrons. The van der Waals surface area contributed by atoms with Gasteiger partial charge in [-0.2, -0.15) is 0 Å². The van der Waals surface area contributed by atoms with E-state index in [2.05, 4.69) is 15.5 Å². The first-order chi connectivity index (χ1) is 12.7. The van der Waals surface area contributed by atoms with Gasteiger partial charge in [0.15, 0.2) is 0 Å². The molecule has 5 N–H and O–H groups in total. The van der Waals surface area contributed by atoms with Crippen molar-refractivity contribution in [2.75, 3.05) is 18.4 Å². The number of primary amides is 1. The number of carbonyl (C=O) groups is 3. The summed E-state index contributed by atoms with van der Waals surface area (Å²) in [4.78, 5) is 36.7. The van der Waals surface area contributed by atoms with Gasteiger partial charge in [0.2, 0.25) is 5.91 Å². The number of amides is 3.